The molecular formula is C38H64NO2PS. The molecule has 1 amide bonds. The third kappa shape index (κ3) is 9.70. The van der Waals surface area contributed by atoms with E-state index in [9.17, 15) is 9.90 Å². The average Bonchev–Trinajstić information content (AvgIpc) is 3.35. The lowest BCUT2D eigenvalue weighted by Crippen LogP contribution is -2.57. The maximum Gasteiger partial charge on any atom is 0.230 e. The quantitative estimate of drug-likeness (QED) is 0.179. The van der Waals surface area contributed by atoms with Gasteiger partial charge < -0.3 is 5.11 Å². The largest absolute Gasteiger partial charge is 0.393 e. The minimum Gasteiger partial charge on any atom is -0.393 e. The second-order valence-electron chi connectivity index (χ2n) is 13.7. The predicted octanol–water partition coefficient (Wildman–Crippen LogP) is 10.7. The van der Waals surface area contributed by atoms with Crippen molar-refractivity contribution in [1.29, 1.82) is 0 Å². The summed E-state index contributed by atoms with van der Waals surface area (Å²) in [6.45, 7) is 18.7. The zero-order chi connectivity index (χ0) is 32.0. The number of allylic oxidation sites excluding steroid dienone is 3. The van der Waals surface area contributed by atoms with Gasteiger partial charge in [-0.3, -0.25) is 9.52 Å². The zero-order valence-electron chi connectivity index (χ0n) is 28.5. The van der Waals surface area contributed by atoms with Crippen molar-refractivity contribution in [3.8, 4) is 0 Å². The van der Waals surface area contributed by atoms with Gasteiger partial charge in [0.05, 0.1) is 6.10 Å². The lowest BCUT2D eigenvalue weighted by molar-refractivity contribution is -0.162. The summed E-state index contributed by atoms with van der Waals surface area (Å²) >= 11 is 1.42. The Morgan fingerprint density at radius 3 is 2.33 bits per heavy atom. The second-order valence-corrected chi connectivity index (χ2v) is 14.6. The van der Waals surface area contributed by atoms with E-state index in [4.69, 9.17) is 0 Å². The van der Waals surface area contributed by atoms with E-state index < -0.39 is 0 Å². The number of hydrogen-bond donors (Lipinski definition) is 2. The van der Waals surface area contributed by atoms with Crippen LogP contribution in [0.15, 0.2) is 59.5 Å². The fourth-order valence-corrected chi connectivity index (χ4v) is 9.87. The van der Waals surface area contributed by atoms with Gasteiger partial charge in [0.2, 0.25) is 5.91 Å². The van der Waals surface area contributed by atoms with E-state index in [2.05, 4.69) is 34.4 Å². The van der Waals surface area contributed by atoms with Crippen LogP contribution in [0, 0.1) is 40.4 Å². The summed E-state index contributed by atoms with van der Waals surface area (Å²) in [5, 5.41) is 11.4. The summed E-state index contributed by atoms with van der Waals surface area (Å²) in [6, 6.07) is 10.0. The van der Waals surface area contributed by atoms with Gasteiger partial charge in [0.25, 0.3) is 0 Å². The summed E-state index contributed by atoms with van der Waals surface area (Å²) in [5.74, 6) is 3.52. The van der Waals surface area contributed by atoms with Crippen LogP contribution >= 0.6 is 21.2 Å². The summed E-state index contributed by atoms with van der Waals surface area (Å²) in [7, 11) is 2.42. The normalized spacial score (nSPS) is 33.6. The fourth-order valence-electron chi connectivity index (χ4n) is 9.24. The lowest BCUT2D eigenvalue weighted by Gasteiger charge is -2.62. The smallest absolute Gasteiger partial charge is 0.230 e. The zero-order valence-corrected chi connectivity index (χ0v) is 30.5. The Morgan fingerprint density at radius 1 is 1.02 bits per heavy atom. The van der Waals surface area contributed by atoms with Crippen molar-refractivity contribution in [2.24, 2.45) is 40.4 Å². The topological polar surface area (TPSA) is 49.3 Å². The molecule has 4 saturated carbocycles. The molecule has 4 fully saturated rings. The fraction of sp³-hybridized carbons (Fsp3) is 0.711. The molecule has 0 bridgehead atoms. The van der Waals surface area contributed by atoms with Gasteiger partial charge in [-0.05, 0) is 136 Å². The van der Waals surface area contributed by atoms with Gasteiger partial charge in [-0.2, -0.15) is 0 Å². The third-order valence-electron chi connectivity index (χ3n) is 11.2. The summed E-state index contributed by atoms with van der Waals surface area (Å²) < 4.78 is 3.01. The second kappa shape index (κ2) is 18.8. The van der Waals surface area contributed by atoms with Gasteiger partial charge in [0.15, 0.2) is 0 Å². The van der Waals surface area contributed by atoms with Crippen molar-refractivity contribution in [1.82, 2.24) is 4.72 Å². The van der Waals surface area contributed by atoms with Crippen molar-refractivity contribution >= 4 is 27.1 Å². The lowest BCUT2D eigenvalue weighted by atomic mass is 9.44. The average molecular weight is 630 g/mol. The summed E-state index contributed by atoms with van der Waals surface area (Å²) in [4.78, 5) is 13.5. The minimum absolute atomic E-state index is 0.0876. The van der Waals surface area contributed by atoms with Crippen LogP contribution in [0.5, 0.6) is 0 Å². The highest BCUT2D eigenvalue weighted by atomic mass is 32.2. The Balaban J connectivity index is 0.000000570. The van der Waals surface area contributed by atoms with Crippen LogP contribution in [0.3, 0.4) is 0 Å². The Morgan fingerprint density at radius 2 is 1.70 bits per heavy atom. The van der Waals surface area contributed by atoms with Crippen LogP contribution in [0.25, 0.3) is 0 Å². The van der Waals surface area contributed by atoms with Crippen LogP contribution < -0.4 is 4.72 Å². The summed E-state index contributed by atoms with van der Waals surface area (Å²) in [6.07, 6.45) is 18.2. The SMILES string of the molecule is C=CC=C(C)C.CC.CC12CCC3C(C(O)CC4CCCCC43C)C1CCC2CCCC(=O)NSc1ccccc1.CP. The van der Waals surface area contributed by atoms with E-state index in [0.717, 1.165) is 36.0 Å². The number of aliphatic hydroxyl groups is 1. The highest BCUT2D eigenvalue weighted by Crippen LogP contribution is 2.67. The number of hydrogen-bond acceptors (Lipinski definition) is 3. The highest BCUT2D eigenvalue weighted by molar-refractivity contribution is 7.98. The van der Waals surface area contributed by atoms with Crippen molar-refractivity contribution in [3.63, 3.8) is 0 Å². The van der Waals surface area contributed by atoms with Crippen LogP contribution in [0.1, 0.15) is 119 Å². The molecule has 2 N–H and O–H groups in total. The van der Waals surface area contributed by atoms with Crippen molar-refractivity contribution in [3.05, 3.63) is 54.6 Å². The van der Waals surface area contributed by atoms with Gasteiger partial charge in [0, 0.05) is 11.3 Å². The molecule has 4 aliphatic rings. The number of nitrogens with one attached hydrogen (secondary N) is 1. The molecule has 244 valence electrons. The number of carbonyl (C=O) groups is 1. The molecule has 5 rings (SSSR count). The number of benzene rings is 1. The highest BCUT2D eigenvalue weighted by Gasteiger charge is 2.61. The molecule has 0 spiro atoms. The minimum atomic E-state index is -0.0876. The first-order chi connectivity index (χ1) is 20.7. The van der Waals surface area contributed by atoms with Gasteiger partial charge in [0.1, 0.15) is 0 Å². The molecule has 0 saturated heterocycles. The number of rotatable bonds is 7. The molecule has 1 aromatic carbocycles. The molecule has 4 aliphatic carbocycles. The Bertz CT molecular complexity index is 995. The van der Waals surface area contributed by atoms with Gasteiger partial charge in [-0.15, -0.1) is 9.24 Å². The van der Waals surface area contributed by atoms with Gasteiger partial charge >= 0.3 is 0 Å². The van der Waals surface area contributed by atoms with Crippen LogP contribution in [-0.4, -0.2) is 23.8 Å². The van der Waals surface area contributed by atoms with Gasteiger partial charge in [-0.1, -0.05) is 89.7 Å². The molecule has 9 unspecified atom stereocenters. The molecule has 43 heavy (non-hydrogen) atoms. The molecule has 3 nitrogen and oxygen atoms in total. The number of fused-ring (bicyclic) bond motifs is 5. The predicted molar refractivity (Wildman–Crippen MR) is 192 cm³/mol. The van der Waals surface area contributed by atoms with E-state index in [1.54, 1.807) is 6.08 Å². The first kappa shape index (κ1) is 38.1. The Labute approximate surface area is 272 Å². The van der Waals surface area contributed by atoms with E-state index >= 15 is 0 Å². The van der Waals surface area contributed by atoms with E-state index in [1.807, 2.05) is 70.8 Å². The Kier molecular flexibility index (Phi) is 16.6. The molecular weight excluding hydrogens is 565 g/mol. The van der Waals surface area contributed by atoms with Crippen molar-refractivity contribution < 1.29 is 9.90 Å². The first-order valence-corrected chi connectivity index (χ1v) is 19.2. The Hall–Kier alpha value is -1.09. The first-order valence-electron chi connectivity index (χ1n) is 17.2. The van der Waals surface area contributed by atoms with Crippen molar-refractivity contribution in [2.45, 2.75) is 130 Å². The molecule has 5 heteroatoms. The number of amides is 1. The maximum atomic E-state index is 12.4. The molecule has 0 radical (unpaired) electrons. The maximum absolute atomic E-state index is 12.4. The van der Waals surface area contributed by atoms with E-state index in [1.165, 1.54) is 68.9 Å². The summed E-state index contributed by atoms with van der Waals surface area (Å²) in [5.41, 5.74) is 2.12. The number of carbonyl (C=O) groups excluding carboxylic acids is 1. The standard InChI is InChI=1S/C29H43NO2S.C6H10.C2H6.CH5P/c1-28-17-7-6-9-21(28)19-25(31)27-23-15-14-20(29(23,2)18-16-24(27)28)10-8-13-26(32)30-33-22-11-4-3-5-12-22;1-4-5-6(2)3;2*1-2/h3-5,11-12,20-21,23-25,27,31H,6-10,13-19H2,1-2H3,(H,30,32);4-5H,1H2,2-3H3;1-2H3;2H2,1H3. The van der Waals surface area contributed by atoms with E-state index in [0.29, 0.717) is 35.0 Å². The molecule has 0 aliphatic heterocycles. The molecule has 0 heterocycles. The number of aliphatic hydroxyl groups excluding tert-OH is 1. The van der Waals surface area contributed by atoms with E-state index in [-0.39, 0.29) is 12.0 Å². The van der Waals surface area contributed by atoms with Crippen molar-refractivity contribution in [2.75, 3.05) is 6.66 Å². The molecule has 0 aromatic heterocycles. The molecule has 9 atom stereocenters. The van der Waals surface area contributed by atoms with Crippen LogP contribution in [0.2, 0.25) is 0 Å². The van der Waals surface area contributed by atoms with Crippen LogP contribution in [-0.2, 0) is 4.79 Å². The molecule has 1 aromatic rings. The third-order valence-corrected chi connectivity index (χ3v) is 12.1. The van der Waals surface area contributed by atoms with Gasteiger partial charge in [-0.25, -0.2) is 0 Å². The monoisotopic (exact) mass is 629 g/mol. The van der Waals surface area contributed by atoms with Crippen LogP contribution in [0.4, 0.5) is 0 Å².